The van der Waals surface area contributed by atoms with Gasteiger partial charge in [0.15, 0.2) is 0 Å². The second-order valence-corrected chi connectivity index (χ2v) is 5.61. The van der Waals surface area contributed by atoms with Crippen molar-refractivity contribution in [2.75, 3.05) is 13.7 Å². The molecule has 0 fully saturated rings. The lowest BCUT2D eigenvalue weighted by molar-refractivity contribution is 0.352. The summed E-state index contributed by atoms with van der Waals surface area (Å²) in [5.74, 6) is 1.40. The van der Waals surface area contributed by atoms with Crippen LogP contribution in [0, 0.1) is 0 Å². The van der Waals surface area contributed by atoms with Crippen molar-refractivity contribution < 1.29 is 13.9 Å². The van der Waals surface area contributed by atoms with Gasteiger partial charge in [-0.25, -0.2) is 4.79 Å². The van der Waals surface area contributed by atoms with Crippen LogP contribution < -0.4 is 15.1 Å². The summed E-state index contributed by atoms with van der Waals surface area (Å²) in [4.78, 5) is 11.9. The fourth-order valence-electron chi connectivity index (χ4n) is 2.45. The molecule has 0 aliphatic rings. The topological polar surface area (TPSA) is 48.7 Å². The third-order valence-electron chi connectivity index (χ3n) is 3.60. The molecule has 0 N–H and O–H groups in total. The van der Waals surface area contributed by atoms with Gasteiger partial charge in [-0.05, 0) is 47.9 Å². The van der Waals surface area contributed by atoms with E-state index in [9.17, 15) is 4.79 Å². The van der Waals surface area contributed by atoms with Crippen LogP contribution >= 0.6 is 0 Å². The number of ether oxygens (including phenoxy) is 2. The van der Waals surface area contributed by atoms with E-state index in [2.05, 4.69) is 6.58 Å². The molecule has 0 saturated heterocycles. The van der Waals surface area contributed by atoms with E-state index in [1.54, 1.807) is 13.2 Å². The van der Waals surface area contributed by atoms with Crippen molar-refractivity contribution in [3.05, 3.63) is 71.1 Å². The largest absolute Gasteiger partial charge is 0.497 e. The van der Waals surface area contributed by atoms with Crippen LogP contribution in [-0.2, 0) is 0 Å². The molecule has 24 heavy (non-hydrogen) atoms. The zero-order valence-corrected chi connectivity index (χ0v) is 13.7. The van der Waals surface area contributed by atoms with Gasteiger partial charge in [0.05, 0.1) is 7.11 Å². The van der Waals surface area contributed by atoms with Gasteiger partial charge in [0.25, 0.3) is 0 Å². The number of hydrogen-bond donors (Lipinski definition) is 0. The zero-order valence-electron chi connectivity index (χ0n) is 13.7. The minimum Gasteiger partial charge on any atom is -0.497 e. The lowest BCUT2D eigenvalue weighted by atomic mass is 10.0. The first-order valence-electron chi connectivity index (χ1n) is 7.56. The third kappa shape index (κ3) is 3.33. The summed E-state index contributed by atoms with van der Waals surface area (Å²) in [6.45, 7) is 6.12. The van der Waals surface area contributed by atoms with Gasteiger partial charge in [-0.2, -0.15) is 0 Å². The number of fused-ring (bicyclic) bond motifs is 1. The summed E-state index contributed by atoms with van der Waals surface area (Å²) in [6.07, 6.45) is 0. The van der Waals surface area contributed by atoms with E-state index in [0.29, 0.717) is 17.9 Å². The second-order valence-electron chi connectivity index (χ2n) is 5.61. The van der Waals surface area contributed by atoms with Crippen molar-refractivity contribution in [1.29, 1.82) is 0 Å². The van der Waals surface area contributed by atoms with Crippen molar-refractivity contribution in [2.45, 2.75) is 6.92 Å². The van der Waals surface area contributed by atoms with Crippen molar-refractivity contribution >= 4 is 11.0 Å². The molecule has 3 aromatic rings. The predicted octanol–water partition coefficient (Wildman–Crippen LogP) is 4.42. The van der Waals surface area contributed by atoms with Gasteiger partial charge in [-0.1, -0.05) is 18.7 Å². The van der Waals surface area contributed by atoms with Gasteiger partial charge >= 0.3 is 5.63 Å². The summed E-state index contributed by atoms with van der Waals surface area (Å²) in [5.41, 5.74) is 2.75. The van der Waals surface area contributed by atoms with E-state index in [1.807, 2.05) is 43.3 Å². The van der Waals surface area contributed by atoms with E-state index in [4.69, 9.17) is 13.9 Å². The molecule has 4 nitrogen and oxygen atoms in total. The molecule has 0 aliphatic carbocycles. The summed E-state index contributed by atoms with van der Waals surface area (Å²) in [6, 6.07) is 14.5. The highest BCUT2D eigenvalue weighted by Crippen LogP contribution is 2.30. The van der Waals surface area contributed by atoms with Gasteiger partial charge < -0.3 is 13.9 Å². The molecule has 0 amide bonds. The van der Waals surface area contributed by atoms with E-state index in [1.165, 1.54) is 6.07 Å². The third-order valence-corrected chi connectivity index (χ3v) is 3.60. The summed E-state index contributed by atoms with van der Waals surface area (Å²) >= 11 is 0. The number of methoxy groups -OCH3 is 1. The molecule has 0 unspecified atom stereocenters. The lowest BCUT2D eigenvalue weighted by Crippen LogP contribution is -2.00. The Morgan fingerprint density at radius 3 is 2.46 bits per heavy atom. The molecule has 0 atom stereocenters. The number of hydrogen-bond acceptors (Lipinski definition) is 4. The first kappa shape index (κ1) is 15.9. The van der Waals surface area contributed by atoms with Crippen LogP contribution in [0.5, 0.6) is 11.5 Å². The van der Waals surface area contributed by atoms with Gasteiger partial charge in [-0.15, -0.1) is 0 Å². The summed E-state index contributed by atoms with van der Waals surface area (Å²) in [7, 11) is 1.62. The monoisotopic (exact) mass is 322 g/mol. The second kappa shape index (κ2) is 6.62. The van der Waals surface area contributed by atoms with Crippen LogP contribution in [0.25, 0.3) is 22.1 Å². The number of rotatable bonds is 5. The Hall–Kier alpha value is -3.01. The highest BCUT2D eigenvalue weighted by atomic mass is 16.5. The smallest absolute Gasteiger partial charge is 0.336 e. The maximum absolute atomic E-state index is 11.9. The molecular weight excluding hydrogens is 304 g/mol. The Kier molecular flexibility index (Phi) is 4.38. The van der Waals surface area contributed by atoms with E-state index in [0.717, 1.165) is 27.8 Å². The minimum atomic E-state index is -0.398. The maximum Gasteiger partial charge on any atom is 0.336 e. The maximum atomic E-state index is 11.9. The molecule has 0 saturated carbocycles. The van der Waals surface area contributed by atoms with Crippen LogP contribution in [0.3, 0.4) is 0 Å². The average Bonchev–Trinajstić information content (AvgIpc) is 2.59. The van der Waals surface area contributed by atoms with Gasteiger partial charge in [0.1, 0.15) is 23.7 Å². The lowest BCUT2D eigenvalue weighted by Gasteiger charge is -2.09. The van der Waals surface area contributed by atoms with Gasteiger partial charge in [0, 0.05) is 17.5 Å². The van der Waals surface area contributed by atoms with Crippen molar-refractivity contribution in [3.63, 3.8) is 0 Å². The number of benzene rings is 2. The first-order valence-corrected chi connectivity index (χ1v) is 7.56. The fraction of sp³-hybridized carbons (Fsp3) is 0.150. The van der Waals surface area contributed by atoms with Crippen molar-refractivity contribution in [2.24, 2.45) is 0 Å². The molecule has 0 bridgehead atoms. The Morgan fingerprint density at radius 2 is 1.79 bits per heavy atom. The average molecular weight is 322 g/mol. The highest BCUT2D eigenvalue weighted by molar-refractivity contribution is 5.93. The normalized spacial score (nSPS) is 10.6. The predicted molar refractivity (Wildman–Crippen MR) is 94.8 cm³/mol. The van der Waals surface area contributed by atoms with Gasteiger partial charge in [0.2, 0.25) is 0 Å². The SMILES string of the molecule is C=C(C)COc1ccc2c(-c3ccc(OC)cc3)cc(=O)oc2c1. The fourth-order valence-corrected chi connectivity index (χ4v) is 2.45. The molecule has 0 radical (unpaired) electrons. The van der Waals surface area contributed by atoms with Crippen LogP contribution in [0.2, 0.25) is 0 Å². The molecule has 4 heteroatoms. The van der Waals surface area contributed by atoms with Crippen molar-refractivity contribution in [1.82, 2.24) is 0 Å². The van der Waals surface area contributed by atoms with E-state index in [-0.39, 0.29) is 0 Å². The zero-order chi connectivity index (χ0) is 17.1. The van der Waals surface area contributed by atoms with Crippen LogP contribution in [0.4, 0.5) is 0 Å². The molecule has 0 aliphatic heterocycles. The van der Waals surface area contributed by atoms with Gasteiger partial charge in [-0.3, -0.25) is 0 Å². The molecule has 122 valence electrons. The first-order chi connectivity index (χ1) is 11.6. The van der Waals surface area contributed by atoms with Crippen LogP contribution in [-0.4, -0.2) is 13.7 Å². The Morgan fingerprint density at radius 1 is 1.08 bits per heavy atom. The molecule has 0 spiro atoms. The molecular formula is C20H18O4. The summed E-state index contributed by atoms with van der Waals surface area (Å²) < 4.78 is 16.1. The molecule has 1 aromatic heterocycles. The Labute approximate surface area is 139 Å². The highest BCUT2D eigenvalue weighted by Gasteiger charge is 2.09. The van der Waals surface area contributed by atoms with E-state index >= 15 is 0 Å². The molecule has 1 heterocycles. The summed E-state index contributed by atoms with van der Waals surface area (Å²) in [5, 5.41) is 0.849. The Balaban J connectivity index is 2.07. The van der Waals surface area contributed by atoms with Crippen molar-refractivity contribution in [3.8, 4) is 22.6 Å². The molecule has 3 rings (SSSR count). The van der Waals surface area contributed by atoms with Crippen LogP contribution in [0.15, 0.2) is 69.9 Å². The minimum absolute atomic E-state index is 0.398. The van der Waals surface area contributed by atoms with E-state index < -0.39 is 5.63 Å². The quantitative estimate of drug-likeness (QED) is 0.515. The Bertz CT molecular complexity index is 936. The standard InChI is InChI=1S/C20H18O4/c1-13(2)12-23-16-8-9-17-18(11-20(21)24-19(17)10-16)14-4-6-15(22-3)7-5-14/h4-11H,1,12H2,2-3H3. The molecule has 2 aromatic carbocycles. The van der Waals surface area contributed by atoms with Crippen LogP contribution in [0.1, 0.15) is 6.92 Å².